The minimum Gasteiger partial charge on any atom is -0.488 e. The lowest BCUT2D eigenvalue weighted by molar-refractivity contribution is -0.137. The maximum atomic E-state index is 11.1. The Morgan fingerprint density at radius 1 is 1.17 bits per heavy atom. The average Bonchev–Trinajstić information content (AvgIpc) is 3.49. The van der Waals surface area contributed by atoms with Crippen LogP contribution in [0.1, 0.15) is 65.1 Å². The second-order valence-electron chi connectivity index (χ2n) is 9.84. The molecule has 0 bridgehead atoms. The molecule has 3 aromatic rings. The van der Waals surface area contributed by atoms with Gasteiger partial charge in [-0.05, 0) is 79.9 Å². The first-order valence-corrected chi connectivity index (χ1v) is 13.5. The van der Waals surface area contributed by atoms with Crippen LogP contribution in [0.2, 0.25) is 0 Å². The van der Waals surface area contributed by atoms with Gasteiger partial charge in [-0.2, -0.15) is 0 Å². The van der Waals surface area contributed by atoms with Gasteiger partial charge in [-0.1, -0.05) is 42.3 Å². The third-order valence-corrected chi connectivity index (χ3v) is 8.55. The van der Waals surface area contributed by atoms with Crippen molar-refractivity contribution in [3.8, 4) is 17.6 Å². The van der Waals surface area contributed by atoms with Crippen LogP contribution < -0.4 is 4.74 Å². The number of piperidine rings is 1. The number of nitrogens with zero attached hydrogens (tertiary/aromatic N) is 2. The summed E-state index contributed by atoms with van der Waals surface area (Å²) >= 11 is 1.72. The number of hydrogen-bond acceptors (Lipinski definition) is 5. The molecule has 1 fully saturated rings. The minimum atomic E-state index is -0.850. The van der Waals surface area contributed by atoms with Gasteiger partial charge in [-0.25, -0.2) is 4.98 Å². The Bertz CT molecular complexity index is 1260. The van der Waals surface area contributed by atoms with Crippen LogP contribution in [0.4, 0.5) is 0 Å². The standard InChI is InChI=1S/C30H32N2O3S/c1-2-5-24(18-29(33)34)22-8-10-25(11-9-22)35-21-26-19-31-28(36-26)20-32-16-14-30(15-17-32)13-12-23-6-3-4-7-27(23)30/h3-4,6-11,19,24H,12-18,20-21H2,1H3,(H,33,34). The average molecular weight is 501 g/mol. The normalized spacial score (nSPS) is 17.2. The SMILES string of the molecule is CC#CC(CC(=O)O)c1ccc(OCc2cnc(CN3CCC4(CCc5ccccc54)CC3)s2)cc1. The molecule has 2 heterocycles. The Balaban J connectivity index is 1.12. The Morgan fingerprint density at radius 2 is 1.94 bits per heavy atom. The molecule has 1 aromatic heterocycles. The molecule has 1 aliphatic carbocycles. The van der Waals surface area contributed by atoms with Gasteiger partial charge in [0.1, 0.15) is 17.4 Å². The predicted molar refractivity (Wildman–Crippen MR) is 142 cm³/mol. The van der Waals surface area contributed by atoms with Gasteiger partial charge in [0, 0.05) is 6.20 Å². The van der Waals surface area contributed by atoms with Crippen LogP contribution in [-0.2, 0) is 29.8 Å². The molecule has 186 valence electrons. The number of fused-ring (bicyclic) bond motifs is 2. The van der Waals surface area contributed by atoms with E-state index in [2.05, 4.69) is 46.0 Å². The number of aliphatic carboxylic acids is 1. The quantitative estimate of drug-likeness (QED) is 0.397. The fourth-order valence-corrected chi connectivity index (χ4v) is 6.53. The third kappa shape index (κ3) is 5.48. The van der Waals surface area contributed by atoms with Crippen molar-refractivity contribution in [3.05, 3.63) is 81.3 Å². The van der Waals surface area contributed by atoms with Gasteiger partial charge in [0.15, 0.2) is 0 Å². The highest BCUT2D eigenvalue weighted by molar-refractivity contribution is 7.11. The third-order valence-electron chi connectivity index (χ3n) is 7.60. The molecule has 36 heavy (non-hydrogen) atoms. The van der Waals surface area contributed by atoms with Crippen LogP contribution in [-0.4, -0.2) is 34.0 Å². The summed E-state index contributed by atoms with van der Waals surface area (Å²) in [6.07, 6.45) is 6.91. The van der Waals surface area contributed by atoms with E-state index in [1.807, 2.05) is 30.5 Å². The fraction of sp³-hybridized carbons (Fsp3) is 0.400. The topological polar surface area (TPSA) is 62.7 Å². The van der Waals surface area contributed by atoms with Crippen molar-refractivity contribution in [1.82, 2.24) is 9.88 Å². The Morgan fingerprint density at radius 3 is 2.69 bits per heavy atom. The van der Waals surface area contributed by atoms with E-state index in [4.69, 9.17) is 9.84 Å². The highest BCUT2D eigenvalue weighted by atomic mass is 32.1. The molecule has 6 heteroatoms. The van der Waals surface area contributed by atoms with Gasteiger partial charge in [0.05, 0.1) is 23.8 Å². The first kappa shape index (κ1) is 24.5. The van der Waals surface area contributed by atoms with Crippen molar-refractivity contribution < 1.29 is 14.6 Å². The van der Waals surface area contributed by atoms with Gasteiger partial charge in [-0.15, -0.1) is 17.3 Å². The van der Waals surface area contributed by atoms with Crippen LogP contribution in [0.3, 0.4) is 0 Å². The van der Waals surface area contributed by atoms with Gasteiger partial charge >= 0.3 is 5.97 Å². The monoisotopic (exact) mass is 500 g/mol. The second kappa shape index (κ2) is 10.9. The number of benzene rings is 2. The Labute approximate surface area is 217 Å². The van der Waals surface area contributed by atoms with E-state index in [1.54, 1.807) is 29.4 Å². The van der Waals surface area contributed by atoms with E-state index in [-0.39, 0.29) is 12.3 Å². The highest BCUT2D eigenvalue weighted by Gasteiger charge is 2.40. The maximum Gasteiger partial charge on any atom is 0.304 e. The van der Waals surface area contributed by atoms with Gasteiger partial charge in [0.2, 0.25) is 0 Å². The van der Waals surface area contributed by atoms with Gasteiger partial charge in [0.25, 0.3) is 0 Å². The molecular weight excluding hydrogens is 468 g/mol. The highest BCUT2D eigenvalue weighted by Crippen LogP contribution is 2.46. The molecule has 2 aromatic carbocycles. The summed E-state index contributed by atoms with van der Waals surface area (Å²) in [6.45, 7) is 5.35. The number of carboxylic acid groups (broad SMARTS) is 1. The molecule has 1 aliphatic heterocycles. The summed E-state index contributed by atoms with van der Waals surface area (Å²) < 4.78 is 5.97. The molecule has 0 amide bonds. The van der Waals surface area contributed by atoms with Gasteiger partial charge in [-0.3, -0.25) is 9.69 Å². The zero-order chi connectivity index (χ0) is 25.0. The molecule has 2 aliphatic rings. The number of rotatable bonds is 8. The van der Waals surface area contributed by atoms with Crippen molar-refractivity contribution in [2.45, 2.75) is 63.5 Å². The summed E-state index contributed by atoms with van der Waals surface area (Å²) in [5.74, 6) is 5.41. The van der Waals surface area contributed by atoms with Crippen LogP contribution in [0.15, 0.2) is 54.7 Å². The second-order valence-corrected chi connectivity index (χ2v) is 11.0. The molecule has 0 saturated carbocycles. The summed E-state index contributed by atoms with van der Waals surface area (Å²) in [6, 6.07) is 16.6. The first-order chi connectivity index (χ1) is 17.5. The zero-order valence-corrected chi connectivity index (χ0v) is 21.5. The summed E-state index contributed by atoms with van der Waals surface area (Å²) in [7, 11) is 0. The predicted octanol–water partition coefficient (Wildman–Crippen LogP) is 5.78. The van der Waals surface area contributed by atoms with E-state index in [0.29, 0.717) is 12.0 Å². The number of thiazole rings is 1. The molecule has 5 rings (SSSR count). The fourth-order valence-electron chi connectivity index (χ4n) is 5.65. The lowest BCUT2D eigenvalue weighted by atomic mass is 9.74. The lowest BCUT2D eigenvalue weighted by Crippen LogP contribution is -2.41. The lowest BCUT2D eigenvalue weighted by Gasteiger charge is -2.40. The van der Waals surface area contributed by atoms with E-state index >= 15 is 0 Å². The Hall–Kier alpha value is -3.14. The largest absolute Gasteiger partial charge is 0.488 e. The molecule has 5 nitrogen and oxygen atoms in total. The number of ether oxygens (including phenoxy) is 1. The minimum absolute atomic E-state index is 0.00399. The van der Waals surface area contributed by atoms with Crippen molar-refractivity contribution >= 4 is 17.3 Å². The first-order valence-electron chi connectivity index (χ1n) is 12.7. The zero-order valence-electron chi connectivity index (χ0n) is 20.7. The molecule has 1 spiro atoms. The molecule has 1 unspecified atom stereocenters. The summed E-state index contributed by atoms with van der Waals surface area (Å²) in [5, 5.41) is 10.3. The number of aromatic nitrogens is 1. The van der Waals surface area contributed by atoms with Crippen LogP contribution >= 0.6 is 11.3 Å². The molecule has 1 saturated heterocycles. The maximum absolute atomic E-state index is 11.1. The number of aryl methyl sites for hydroxylation is 1. The van der Waals surface area contributed by atoms with Crippen molar-refractivity contribution in [3.63, 3.8) is 0 Å². The number of carbonyl (C=O) groups is 1. The summed E-state index contributed by atoms with van der Waals surface area (Å²) in [4.78, 5) is 19.4. The number of hydrogen-bond donors (Lipinski definition) is 1. The Kier molecular flexibility index (Phi) is 7.41. The number of carboxylic acids is 1. The smallest absolute Gasteiger partial charge is 0.304 e. The van der Waals surface area contributed by atoms with E-state index in [9.17, 15) is 4.79 Å². The van der Waals surface area contributed by atoms with Crippen LogP contribution in [0, 0.1) is 11.8 Å². The molecular formula is C30H32N2O3S. The van der Waals surface area contributed by atoms with E-state index < -0.39 is 5.97 Å². The number of likely N-dealkylation sites (tertiary alicyclic amines) is 1. The van der Waals surface area contributed by atoms with E-state index in [1.165, 1.54) is 25.7 Å². The van der Waals surface area contributed by atoms with Crippen molar-refractivity contribution in [1.29, 1.82) is 0 Å². The molecule has 0 radical (unpaired) electrons. The van der Waals surface area contributed by atoms with Crippen LogP contribution in [0.25, 0.3) is 0 Å². The van der Waals surface area contributed by atoms with Crippen molar-refractivity contribution in [2.75, 3.05) is 13.1 Å². The molecule has 1 atom stereocenters. The van der Waals surface area contributed by atoms with Crippen molar-refractivity contribution in [2.24, 2.45) is 0 Å². The van der Waals surface area contributed by atoms with Gasteiger partial charge < -0.3 is 9.84 Å². The summed E-state index contributed by atoms with van der Waals surface area (Å²) in [5.41, 5.74) is 4.44. The van der Waals surface area contributed by atoms with E-state index in [0.717, 1.165) is 40.8 Å². The molecule has 1 N–H and O–H groups in total. The van der Waals surface area contributed by atoms with Crippen LogP contribution in [0.5, 0.6) is 5.75 Å².